The summed E-state index contributed by atoms with van der Waals surface area (Å²) < 4.78 is 14.1. The molecule has 0 radical (unpaired) electrons. The Labute approximate surface area is 139 Å². The monoisotopic (exact) mass is 336 g/mol. The van der Waals surface area contributed by atoms with Crippen molar-refractivity contribution in [3.8, 4) is 0 Å². The Kier molecular flexibility index (Phi) is 5.74. The minimum Gasteiger partial charge on any atom is -0.311 e. The van der Waals surface area contributed by atoms with Crippen molar-refractivity contribution >= 4 is 17.7 Å². The number of rotatable bonds is 4. The first kappa shape index (κ1) is 16.7. The average molecular weight is 336 g/mol. The van der Waals surface area contributed by atoms with E-state index in [1.54, 1.807) is 11.4 Å². The van der Waals surface area contributed by atoms with Crippen LogP contribution in [0.25, 0.3) is 0 Å². The van der Waals surface area contributed by atoms with Crippen LogP contribution >= 0.6 is 17.7 Å². The van der Waals surface area contributed by atoms with E-state index < -0.39 is 6.34 Å². The molecule has 22 heavy (non-hydrogen) atoms. The van der Waals surface area contributed by atoms with Crippen LogP contribution in [0.2, 0.25) is 0 Å². The van der Waals surface area contributed by atoms with Gasteiger partial charge in [0.05, 0.1) is 0 Å². The first-order valence-electron chi connectivity index (χ1n) is 9.04. The maximum absolute atomic E-state index is 14.1. The molecule has 2 fully saturated rings. The van der Waals surface area contributed by atoms with Crippen LogP contribution < -0.4 is 0 Å². The van der Waals surface area contributed by atoms with Crippen LogP contribution in [-0.4, -0.2) is 11.3 Å². The lowest BCUT2D eigenvalue weighted by Crippen LogP contribution is -2.21. The zero-order valence-electron chi connectivity index (χ0n) is 13.8. The third-order valence-electron chi connectivity index (χ3n) is 5.44. The molecule has 122 valence electrons. The Balaban J connectivity index is 1.83. The van der Waals surface area contributed by atoms with Crippen molar-refractivity contribution in [2.45, 2.75) is 87.3 Å². The minimum atomic E-state index is -2.19. The fourth-order valence-electron chi connectivity index (χ4n) is 4.09. The number of aryl methyl sites for hydroxylation is 1. The molecule has 0 aliphatic heterocycles. The maximum Gasteiger partial charge on any atom is 0.149 e. The van der Waals surface area contributed by atoms with Crippen LogP contribution in [0.4, 0.5) is 0 Å². The first-order chi connectivity index (χ1) is 10.7. The third-order valence-corrected chi connectivity index (χ3v) is 12.6. The highest BCUT2D eigenvalue weighted by Crippen LogP contribution is 2.73. The molecule has 0 bridgehead atoms. The molecule has 1 aromatic rings. The fraction of sp³-hybridized carbons (Fsp3) is 0.684. The van der Waals surface area contributed by atoms with E-state index >= 15 is 0 Å². The Morgan fingerprint density at radius 3 is 1.73 bits per heavy atom. The zero-order valence-corrected chi connectivity index (χ0v) is 15.5. The Hall–Kier alpha value is -0.200. The van der Waals surface area contributed by atoms with Gasteiger partial charge in [-0.3, -0.25) is 0 Å². The summed E-state index contributed by atoms with van der Waals surface area (Å²) in [4.78, 5) is 1.23. The Bertz CT molecular complexity index is 491. The largest absolute Gasteiger partial charge is 0.311 e. The van der Waals surface area contributed by atoms with Crippen molar-refractivity contribution in [3.63, 3.8) is 0 Å². The van der Waals surface area contributed by atoms with Gasteiger partial charge in [0.15, 0.2) is 0 Å². The summed E-state index contributed by atoms with van der Waals surface area (Å²) in [5, 5.41) is 0. The van der Waals surface area contributed by atoms with Gasteiger partial charge in [-0.15, -0.1) is 0 Å². The number of hydrogen-bond donors (Lipinski definition) is 0. The summed E-state index contributed by atoms with van der Waals surface area (Å²) in [5.74, 6) is 0. The summed E-state index contributed by atoms with van der Waals surface area (Å²) in [5.41, 5.74) is 2.25. The zero-order chi connectivity index (χ0) is 15.4. The smallest absolute Gasteiger partial charge is 0.149 e. The Morgan fingerprint density at radius 2 is 1.27 bits per heavy atom. The van der Waals surface area contributed by atoms with Gasteiger partial charge < -0.3 is 4.57 Å². The van der Waals surface area contributed by atoms with Crippen LogP contribution in [0.15, 0.2) is 29.2 Å². The van der Waals surface area contributed by atoms with E-state index in [9.17, 15) is 4.57 Å². The summed E-state index contributed by atoms with van der Waals surface area (Å²) in [6, 6.07) is 8.68. The van der Waals surface area contributed by atoms with Crippen molar-refractivity contribution in [2.75, 3.05) is 0 Å². The van der Waals surface area contributed by atoms with Crippen LogP contribution in [0, 0.1) is 6.92 Å². The molecule has 3 heteroatoms. The molecule has 3 rings (SSSR count). The van der Waals surface area contributed by atoms with Crippen molar-refractivity contribution in [1.29, 1.82) is 0 Å². The molecule has 2 aliphatic rings. The second-order valence-electron chi connectivity index (χ2n) is 7.13. The molecular weight excluding hydrogens is 307 g/mol. The first-order valence-corrected chi connectivity index (χ1v) is 12.3. The Morgan fingerprint density at radius 1 is 0.818 bits per heavy atom. The normalized spacial score (nSPS) is 21.9. The second-order valence-corrected chi connectivity index (χ2v) is 12.8. The lowest BCUT2D eigenvalue weighted by molar-refractivity contribution is 0.456. The predicted octanol–water partition coefficient (Wildman–Crippen LogP) is 7.03. The van der Waals surface area contributed by atoms with Crippen molar-refractivity contribution < 1.29 is 4.57 Å². The molecule has 0 amide bonds. The lowest BCUT2D eigenvalue weighted by Gasteiger charge is -2.37. The molecule has 2 saturated carbocycles. The highest BCUT2D eigenvalue weighted by Gasteiger charge is 2.42. The molecule has 0 N–H and O–H groups in total. The van der Waals surface area contributed by atoms with E-state index in [0.717, 1.165) is 0 Å². The molecule has 0 saturated heterocycles. The van der Waals surface area contributed by atoms with E-state index in [1.165, 1.54) is 74.7 Å². The van der Waals surface area contributed by atoms with Crippen molar-refractivity contribution in [1.82, 2.24) is 0 Å². The second kappa shape index (κ2) is 7.58. The van der Waals surface area contributed by atoms with Crippen LogP contribution in [-0.2, 0) is 4.57 Å². The summed E-state index contributed by atoms with van der Waals surface area (Å²) in [7, 11) is 0. The molecule has 0 atom stereocenters. The van der Waals surface area contributed by atoms with Gasteiger partial charge >= 0.3 is 0 Å². The third kappa shape index (κ3) is 3.82. The molecule has 1 aromatic carbocycles. The SMILES string of the molecule is Cc1ccc(SP(=O)(C2CCCCC2)C2CCCCC2)cc1. The molecule has 0 spiro atoms. The number of benzene rings is 1. The topological polar surface area (TPSA) is 17.1 Å². The predicted molar refractivity (Wildman–Crippen MR) is 98.4 cm³/mol. The fourth-order valence-corrected chi connectivity index (χ4v) is 11.3. The van der Waals surface area contributed by atoms with Crippen LogP contribution in [0.5, 0.6) is 0 Å². The van der Waals surface area contributed by atoms with Crippen LogP contribution in [0.3, 0.4) is 0 Å². The van der Waals surface area contributed by atoms with Gasteiger partial charge in [0.2, 0.25) is 0 Å². The molecule has 0 heterocycles. The van der Waals surface area contributed by atoms with Crippen molar-refractivity contribution in [3.05, 3.63) is 29.8 Å². The summed E-state index contributed by atoms with van der Waals surface area (Å²) in [6.07, 6.45) is 10.5. The van der Waals surface area contributed by atoms with Crippen LogP contribution in [0.1, 0.15) is 69.8 Å². The van der Waals surface area contributed by atoms with Gasteiger partial charge in [-0.25, -0.2) is 0 Å². The van der Waals surface area contributed by atoms with E-state index in [1.807, 2.05) is 0 Å². The molecule has 0 aromatic heterocycles. The van der Waals surface area contributed by atoms with E-state index in [0.29, 0.717) is 11.3 Å². The molecule has 1 nitrogen and oxygen atoms in total. The summed E-state index contributed by atoms with van der Waals surface area (Å²) in [6.45, 7) is 2.12. The van der Waals surface area contributed by atoms with E-state index in [2.05, 4.69) is 31.2 Å². The maximum atomic E-state index is 14.1. The van der Waals surface area contributed by atoms with Gasteiger partial charge in [0, 0.05) is 16.2 Å². The number of hydrogen-bond acceptors (Lipinski definition) is 2. The molecular formula is C19H29OPS. The van der Waals surface area contributed by atoms with Gasteiger partial charge in [-0.05, 0) is 44.7 Å². The lowest BCUT2D eigenvalue weighted by atomic mass is 10.00. The van der Waals surface area contributed by atoms with Gasteiger partial charge in [-0.2, -0.15) is 0 Å². The van der Waals surface area contributed by atoms with Crippen molar-refractivity contribution in [2.24, 2.45) is 0 Å². The highest BCUT2D eigenvalue weighted by molar-refractivity contribution is 8.58. The van der Waals surface area contributed by atoms with Gasteiger partial charge in [-0.1, -0.05) is 67.6 Å². The van der Waals surface area contributed by atoms with E-state index in [4.69, 9.17) is 0 Å². The van der Waals surface area contributed by atoms with E-state index in [-0.39, 0.29) is 0 Å². The average Bonchev–Trinajstić information content (AvgIpc) is 2.58. The summed E-state index contributed by atoms with van der Waals surface area (Å²) >= 11 is 1.77. The minimum absolute atomic E-state index is 0.482. The quantitative estimate of drug-likeness (QED) is 0.549. The van der Waals surface area contributed by atoms with Gasteiger partial charge in [0.1, 0.15) is 6.34 Å². The molecule has 2 aliphatic carbocycles. The molecule has 0 unspecified atom stereocenters. The van der Waals surface area contributed by atoms with Gasteiger partial charge in [0.25, 0.3) is 0 Å². The highest BCUT2D eigenvalue weighted by atomic mass is 32.7. The standard InChI is InChI=1S/C19H29OPS/c1-16-12-14-19(15-13-16)22-21(20,17-8-4-2-5-9-17)18-10-6-3-7-11-18/h12-15,17-18H,2-11H2,1H3.